The van der Waals surface area contributed by atoms with Crippen molar-refractivity contribution in [2.24, 2.45) is 0 Å². The Bertz CT molecular complexity index is 1160. The minimum absolute atomic E-state index is 0.238. The summed E-state index contributed by atoms with van der Waals surface area (Å²) in [6.07, 6.45) is 3.12. The van der Waals surface area contributed by atoms with Gasteiger partial charge in [0.05, 0.1) is 23.5 Å². The summed E-state index contributed by atoms with van der Waals surface area (Å²) in [6.45, 7) is 1.92. The summed E-state index contributed by atoms with van der Waals surface area (Å²) in [5.74, 6) is 0. The minimum Gasteiger partial charge on any atom is -0.472 e. The van der Waals surface area contributed by atoms with E-state index < -0.39 is 16.1 Å². The van der Waals surface area contributed by atoms with E-state index in [0.29, 0.717) is 0 Å². The molecule has 27 heavy (non-hydrogen) atoms. The number of sulfonamides is 1. The largest absolute Gasteiger partial charge is 0.472 e. The van der Waals surface area contributed by atoms with Crippen molar-refractivity contribution in [1.29, 1.82) is 0 Å². The van der Waals surface area contributed by atoms with Gasteiger partial charge in [-0.05, 0) is 41.5 Å². The first-order valence-corrected chi connectivity index (χ1v) is 10.1. The maximum atomic E-state index is 13.0. The number of hydrogen-bond acceptors (Lipinski definition) is 3. The molecule has 0 spiro atoms. The van der Waals surface area contributed by atoms with Crippen molar-refractivity contribution < 1.29 is 12.8 Å². The summed E-state index contributed by atoms with van der Waals surface area (Å²) < 4.78 is 34.1. The van der Waals surface area contributed by atoms with E-state index in [4.69, 9.17) is 4.42 Å². The van der Waals surface area contributed by atoms with Gasteiger partial charge in [-0.25, -0.2) is 8.42 Å². The van der Waals surface area contributed by atoms with Gasteiger partial charge in [-0.3, -0.25) is 0 Å². The first-order chi connectivity index (χ1) is 13.0. The first kappa shape index (κ1) is 17.5. The monoisotopic (exact) mass is 377 g/mol. The van der Waals surface area contributed by atoms with Crippen molar-refractivity contribution >= 4 is 20.8 Å². The van der Waals surface area contributed by atoms with Crippen LogP contribution in [-0.2, 0) is 10.0 Å². The molecule has 0 aliphatic carbocycles. The van der Waals surface area contributed by atoms with E-state index in [-0.39, 0.29) is 4.90 Å². The smallest absolute Gasteiger partial charge is 0.241 e. The molecule has 3 aromatic carbocycles. The molecule has 4 nitrogen and oxygen atoms in total. The van der Waals surface area contributed by atoms with E-state index >= 15 is 0 Å². The Morgan fingerprint density at radius 1 is 0.889 bits per heavy atom. The average Bonchev–Trinajstić information content (AvgIpc) is 3.21. The number of hydrogen-bond donors (Lipinski definition) is 1. The highest BCUT2D eigenvalue weighted by molar-refractivity contribution is 7.89. The van der Waals surface area contributed by atoms with Crippen LogP contribution in [0.2, 0.25) is 0 Å². The van der Waals surface area contributed by atoms with E-state index in [2.05, 4.69) is 4.72 Å². The Kier molecular flexibility index (Phi) is 4.56. The number of rotatable bonds is 5. The number of fused-ring (bicyclic) bond motifs is 1. The molecule has 0 fully saturated rings. The second-order valence-corrected chi connectivity index (χ2v) is 8.21. The zero-order valence-corrected chi connectivity index (χ0v) is 15.6. The summed E-state index contributed by atoms with van der Waals surface area (Å²) in [6, 6.07) is 21.9. The van der Waals surface area contributed by atoms with Crippen molar-refractivity contribution in [1.82, 2.24) is 4.72 Å². The van der Waals surface area contributed by atoms with Crippen LogP contribution >= 0.6 is 0 Å². The van der Waals surface area contributed by atoms with Gasteiger partial charge in [0.25, 0.3) is 0 Å². The molecule has 136 valence electrons. The second-order valence-electron chi connectivity index (χ2n) is 6.49. The highest BCUT2D eigenvalue weighted by Gasteiger charge is 2.25. The second kappa shape index (κ2) is 7.02. The minimum atomic E-state index is -3.71. The average molecular weight is 377 g/mol. The number of aryl methyl sites for hydroxylation is 1. The van der Waals surface area contributed by atoms with Gasteiger partial charge in [0.1, 0.15) is 0 Å². The molecule has 1 N–H and O–H groups in total. The van der Waals surface area contributed by atoms with Gasteiger partial charge in [-0.1, -0.05) is 60.2 Å². The van der Waals surface area contributed by atoms with Crippen LogP contribution in [0.15, 0.2) is 94.6 Å². The van der Waals surface area contributed by atoms with Crippen LogP contribution < -0.4 is 4.72 Å². The third kappa shape index (κ3) is 3.52. The third-order valence-electron chi connectivity index (χ3n) is 4.62. The molecule has 0 unspecified atom stereocenters. The van der Waals surface area contributed by atoms with E-state index in [0.717, 1.165) is 27.5 Å². The van der Waals surface area contributed by atoms with Crippen molar-refractivity contribution in [3.05, 3.63) is 102 Å². The maximum Gasteiger partial charge on any atom is 0.241 e. The summed E-state index contributed by atoms with van der Waals surface area (Å²) in [7, 11) is -3.71. The lowest BCUT2D eigenvalue weighted by molar-refractivity contribution is 0.555. The number of benzene rings is 3. The molecule has 0 bridgehead atoms. The SMILES string of the molecule is Cc1ccc(S(=O)(=O)N[C@@H](c2ccoc2)c2cccc3ccccc23)cc1. The van der Waals surface area contributed by atoms with E-state index in [1.807, 2.05) is 49.4 Å². The van der Waals surface area contributed by atoms with Gasteiger partial charge in [-0.2, -0.15) is 4.72 Å². The Hall–Kier alpha value is -2.89. The Morgan fingerprint density at radius 2 is 1.63 bits per heavy atom. The lowest BCUT2D eigenvalue weighted by Gasteiger charge is -2.20. The van der Waals surface area contributed by atoms with Crippen molar-refractivity contribution in [3.63, 3.8) is 0 Å². The molecule has 1 heterocycles. The van der Waals surface area contributed by atoms with Crippen LogP contribution in [0.3, 0.4) is 0 Å². The van der Waals surface area contributed by atoms with Crippen LogP contribution in [0.4, 0.5) is 0 Å². The number of nitrogens with one attached hydrogen (secondary N) is 1. The summed E-state index contributed by atoms with van der Waals surface area (Å²) in [5, 5.41) is 2.05. The summed E-state index contributed by atoms with van der Waals surface area (Å²) in [5.41, 5.74) is 2.64. The zero-order chi connectivity index (χ0) is 18.9. The molecule has 1 atom stereocenters. The van der Waals surface area contributed by atoms with Crippen molar-refractivity contribution in [2.45, 2.75) is 17.9 Å². The van der Waals surface area contributed by atoms with Crippen LogP contribution in [0.1, 0.15) is 22.7 Å². The predicted octanol–water partition coefficient (Wildman–Crippen LogP) is 4.81. The molecular formula is C22H19NO3S. The Labute approximate surface area is 158 Å². The van der Waals surface area contributed by atoms with E-state index in [9.17, 15) is 8.42 Å². The normalized spacial score (nSPS) is 12.9. The first-order valence-electron chi connectivity index (χ1n) is 8.63. The van der Waals surface area contributed by atoms with Gasteiger partial charge in [-0.15, -0.1) is 0 Å². The number of furan rings is 1. The zero-order valence-electron chi connectivity index (χ0n) is 14.8. The fourth-order valence-electron chi connectivity index (χ4n) is 3.19. The molecule has 0 amide bonds. The molecular weight excluding hydrogens is 358 g/mol. The molecule has 4 rings (SSSR count). The quantitative estimate of drug-likeness (QED) is 0.543. The summed E-state index contributed by atoms with van der Waals surface area (Å²) >= 11 is 0. The third-order valence-corrected chi connectivity index (χ3v) is 6.05. The van der Waals surface area contributed by atoms with Gasteiger partial charge in [0, 0.05) is 5.56 Å². The summed E-state index contributed by atoms with van der Waals surface area (Å²) in [4.78, 5) is 0.238. The fourth-order valence-corrected chi connectivity index (χ4v) is 4.40. The van der Waals surface area contributed by atoms with Crippen LogP contribution in [0, 0.1) is 6.92 Å². The molecule has 0 aliphatic rings. The van der Waals surface area contributed by atoms with Gasteiger partial charge in [0.2, 0.25) is 10.0 Å². The topological polar surface area (TPSA) is 59.3 Å². The van der Waals surface area contributed by atoms with Crippen LogP contribution in [-0.4, -0.2) is 8.42 Å². The van der Waals surface area contributed by atoms with Crippen molar-refractivity contribution in [3.8, 4) is 0 Å². The van der Waals surface area contributed by atoms with Gasteiger partial charge < -0.3 is 4.42 Å². The molecule has 4 aromatic rings. The van der Waals surface area contributed by atoms with Crippen molar-refractivity contribution in [2.75, 3.05) is 0 Å². The predicted molar refractivity (Wildman–Crippen MR) is 106 cm³/mol. The Morgan fingerprint density at radius 3 is 2.37 bits per heavy atom. The van der Waals surface area contributed by atoms with Crippen LogP contribution in [0.25, 0.3) is 10.8 Å². The molecule has 0 radical (unpaired) electrons. The standard InChI is InChI=1S/C22H19NO3S/c1-16-9-11-19(12-10-16)27(24,25)23-22(18-13-14-26-15-18)21-8-4-6-17-5-2-3-7-20(17)21/h2-15,22-23H,1H3/t22-/m0/s1. The highest BCUT2D eigenvalue weighted by atomic mass is 32.2. The molecule has 0 aliphatic heterocycles. The Balaban J connectivity index is 1.82. The molecule has 1 aromatic heterocycles. The van der Waals surface area contributed by atoms with E-state index in [1.165, 1.54) is 0 Å². The maximum absolute atomic E-state index is 13.0. The molecule has 5 heteroatoms. The van der Waals surface area contributed by atoms with E-state index in [1.54, 1.807) is 42.9 Å². The lowest BCUT2D eigenvalue weighted by Crippen LogP contribution is -2.29. The highest BCUT2D eigenvalue weighted by Crippen LogP contribution is 2.30. The van der Waals surface area contributed by atoms with Gasteiger partial charge in [0.15, 0.2) is 0 Å². The lowest BCUT2D eigenvalue weighted by atomic mass is 9.96. The van der Waals surface area contributed by atoms with Gasteiger partial charge >= 0.3 is 0 Å². The molecule has 0 saturated heterocycles. The van der Waals surface area contributed by atoms with Crippen LogP contribution in [0.5, 0.6) is 0 Å². The molecule has 0 saturated carbocycles. The fraction of sp³-hybridized carbons (Fsp3) is 0.0909.